The highest BCUT2D eigenvalue weighted by molar-refractivity contribution is 5.89. The second-order valence-corrected chi connectivity index (χ2v) is 4.93. The maximum atomic E-state index is 12.6. The third-order valence-electron chi connectivity index (χ3n) is 2.21. The molecule has 1 fully saturated rings. The molecule has 0 aliphatic carbocycles. The number of ether oxygens (including phenoxy) is 1. The first-order valence-electron chi connectivity index (χ1n) is 5.09. The summed E-state index contributed by atoms with van der Waals surface area (Å²) in [5.74, 6) is -3.85. The molecule has 1 rings (SSSR count). The molecule has 98 valence electrons. The minimum absolute atomic E-state index is 0.729. The minimum Gasteiger partial charge on any atom is -0.458 e. The number of halogens is 3. The molecule has 1 aliphatic rings. The number of esters is 1. The van der Waals surface area contributed by atoms with Gasteiger partial charge in [-0.15, -0.1) is 0 Å². The fourth-order valence-corrected chi connectivity index (χ4v) is 1.54. The van der Waals surface area contributed by atoms with Gasteiger partial charge in [-0.3, -0.25) is 4.79 Å². The number of carbonyl (C=O) groups is 2. The van der Waals surface area contributed by atoms with Crippen LogP contribution in [0.4, 0.5) is 13.2 Å². The molecular weight excluding hydrogens is 239 g/mol. The molecule has 17 heavy (non-hydrogen) atoms. The van der Waals surface area contributed by atoms with Crippen LogP contribution in [0.25, 0.3) is 0 Å². The van der Waals surface area contributed by atoms with E-state index in [0.29, 0.717) is 0 Å². The van der Waals surface area contributed by atoms with Crippen molar-refractivity contribution < 1.29 is 27.5 Å². The lowest BCUT2D eigenvalue weighted by molar-refractivity contribution is -0.190. The largest absolute Gasteiger partial charge is 0.458 e. The van der Waals surface area contributed by atoms with Gasteiger partial charge in [0.05, 0.1) is 5.92 Å². The fourth-order valence-electron chi connectivity index (χ4n) is 1.54. The van der Waals surface area contributed by atoms with Crippen LogP contribution in [0.2, 0.25) is 0 Å². The zero-order valence-corrected chi connectivity index (χ0v) is 9.72. The lowest BCUT2D eigenvalue weighted by Gasteiger charge is -2.25. The van der Waals surface area contributed by atoms with E-state index in [9.17, 15) is 22.8 Å². The Hall–Kier alpha value is -1.27. The summed E-state index contributed by atoms with van der Waals surface area (Å²) in [6.45, 7) is 4.64. The van der Waals surface area contributed by atoms with Crippen LogP contribution in [-0.4, -0.2) is 29.7 Å². The van der Waals surface area contributed by atoms with Crippen molar-refractivity contribution >= 4 is 11.9 Å². The fraction of sp³-hybridized carbons (Fsp3) is 0.800. The highest BCUT2D eigenvalue weighted by Gasteiger charge is 2.53. The van der Waals surface area contributed by atoms with Gasteiger partial charge in [0.15, 0.2) is 0 Å². The number of alkyl halides is 3. The Labute approximate surface area is 96.5 Å². The van der Waals surface area contributed by atoms with E-state index >= 15 is 0 Å². The standard InChI is InChI=1S/C10H14F3NO3/c1-9(2,3)17-8(16)7-5(10(11,12)13)4-6(15)14-7/h5,7H,4H2,1-3H3,(H,14,15)/t5-,7+/m0/s1. The number of nitrogens with one attached hydrogen (secondary N) is 1. The molecule has 0 spiro atoms. The van der Waals surface area contributed by atoms with Crippen molar-refractivity contribution in [3.63, 3.8) is 0 Å². The number of hydrogen-bond acceptors (Lipinski definition) is 3. The molecular formula is C10H14F3NO3. The summed E-state index contributed by atoms with van der Waals surface area (Å²) in [4.78, 5) is 22.5. The average Bonchev–Trinajstić information content (AvgIpc) is 2.43. The summed E-state index contributed by atoms with van der Waals surface area (Å²) in [5, 5.41) is 2.00. The molecule has 0 saturated carbocycles. The topological polar surface area (TPSA) is 55.4 Å². The molecule has 0 bridgehead atoms. The van der Waals surface area contributed by atoms with Crippen molar-refractivity contribution in [2.24, 2.45) is 5.92 Å². The van der Waals surface area contributed by atoms with E-state index < -0.39 is 42.0 Å². The van der Waals surface area contributed by atoms with Crippen LogP contribution in [-0.2, 0) is 14.3 Å². The van der Waals surface area contributed by atoms with Gasteiger partial charge >= 0.3 is 12.1 Å². The highest BCUT2D eigenvalue weighted by Crippen LogP contribution is 2.35. The lowest BCUT2D eigenvalue weighted by Crippen LogP contribution is -2.45. The zero-order valence-electron chi connectivity index (χ0n) is 9.72. The first-order chi connectivity index (χ1) is 7.50. The second kappa shape index (κ2) is 4.19. The van der Waals surface area contributed by atoms with E-state index in [1.165, 1.54) is 0 Å². The monoisotopic (exact) mass is 253 g/mol. The molecule has 1 N–H and O–H groups in total. The van der Waals surface area contributed by atoms with Crippen LogP contribution in [0.3, 0.4) is 0 Å². The first-order valence-corrected chi connectivity index (χ1v) is 5.09. The average molecular weight is 253 g/mol. The molecule has 7 heteroatoms. The molecule has 0 radical (unpaired) electrons. The summed E-state index contributed by atoms with van der Waals surface area (Å²) in [7, 11) is 0. The normalized spacial score (nSPS) is 25.6. The van der Waals surface area contributed by atoms with Gasteiger partial charge in [0.2, 0.25) is 5.91 Å². The highest BCUT2D eigenvalue weighted by atomic mass is 19.4. The molecule has 0 aromatic heterocycles. The summed E-state index contributed by atoms with van der Waals surface area (Å²) in [6, 6.07) is -1.64. The number of amides is 1. The van der Waals surface area contributed by atoms with Gasteiger partial charge in [-0.2, -0.15) is 13.2 Å². The maximum absolute atomic E-state index is 12.6. The summed E-state index contributed by atoms with van der Waals surface area (Å²) in [5.41, 5.74) is -0.888. The predicted molar refractivity (Wildman–Crippen MR) is 51.9 cm³/mol. The van der Waals surface area contributed by atoms with Crippen LogP contribution in [0.1, 0.15) is 27.2 Å². The van der Waals surface area contributed by atoms with Gasteiger partial charge in [-0.25, -0.2) is 4.79 Å². The van der Waals surface area contributed by atoms with E-state index in [4.69, 9.17) is 4.74 Å². The predicted octanol–water partition coefficient (Wildman–Crippen LogP) is 1.40. The molecule has 1 aliphatic heterocycles. The first kappa shape index (κ1) is 13.8. The Balaban J connectivity index is 2.81. The third-order valence-corrected chi connectivity index (χ3v) is 2.21. The molecule has 2 atom stereocenters. The molecule has 1 saturated heterocycles. The lowest BCUT2D eigenvalue weighted by atomic mass is 10.00. The van der Waals surface area contributed by atoms with Crippen molar-refractivity contribution in [2.75, 3.05) is 0 Å². The van der Waals surface area contributed by atoms with Crippen LogP contribution < -0.4 is 5.32 Å². The summed E-state index contributed by atoms with van der Waals surface area (Å²) in [6.07, 6.45) is -5.33. The van der Waals surface area contributed by atoms with E-state index in [0.717, 1.165) is 0 Å². The van der Waals surface area contributed by atoms with Gasteiger partial charge in [0, 0.05) is 6.42 Å². The van der Waals surface area contributed by atoms with Gasteiger partial charge in [-0.05, 0) is 20.8 Å². The number of carbonyl (C=O) groups excluding carboxylic acids is 2. The zero-order chi connectivity index (χ0) is 13.4. The Morgan fingerprint density at radius 1 is 1.35 bits per heavy atom. The third kappa shape index (κ3) is 3.61. The Bertz CT molecular complexity index is 333. The number of rotatable bonds is 1. The van der Waals surface area contributed by atoms with E-state index in [1.54, 1.807) is 20.8 Å². The smallest absolute Gasteiger partial charge is 0.394 e. The summed E-state index contributed by atoms with van der Waals surface area (Å²) >= 11 is 0. The van der Waals surface area contributed by atoms with E-state index in [1.807, 2.05) is 5.32 Å². The molecule has 0 aromatic rings. The van der Waals surface area contributed by atoms with Crippen LogP contribution in [0.15, 0.2) is 0 Å². The van der Waals surface area contributed by atoms with Crippen molar-refractivity contribution in [1.29, 1.82) is 0 Å². The minimum atomic E-state index is -4.60. The van der Waals surface area contributed by atoms with Gasteiger partial charge < -0.3 is 10.1 Å². The van der Waals surface area contributed by atoms with Gasteiger partial charge in [-0.1, -0.05) is 0 Å². The van der Waals surface area contributed by atoms with Crippen molar-refractivity contribution in [1.82, 2.24) is 5.32 Å². The Kier molecular flexibility index (Phi) is 3.40. The molecule has 1 amide bonds. The summed E-state index contributed by atoms with van der Waals surface area (Å²) < 4.78 is 42.6. The van der Waals surface area contributed by atoms with Crippen LogP contribution >= 0.6 is 0 Å². The quantitative estimate of drug-likeness (QED) is 0.718. The van der Waals surface area contributed by atoms with Crippen molar-refractivity contribution in [2.45, 2.75) is 45.0 Å². The second-order valence-electron chi connectivity index (χ2n) is 4.93. The van der Waals surface area contributed by atoms with Gasteiger partial charge in [0.25, 0.3) is 0 Å². The maximum Gasteiger partial charge on any atom is 0.394 e. The molecule has 0 aromatic carbocycles. The molecule has 0 unspecified atom stereocenters. The van der Waals surface area contributed by atoms with E-state index in [2.05, 4.69) is 0 Å². The van der Waals surface area contributed by atoms with E-state index in [-0.39, 0.29) is 0 Å². The van der Waals surface area contributed by atoms with Crippen molar-refractivity contribution in [3.8, 4) is 0 Å². The SMILES string of the molecule is CC(C)(C)OC(=O)[C@@H]1NC(=O)C[C@@H]1C(F)(F)F. The molecule has 1 heterocycles. The van der Waals surface area contributed by atoms with Crippen LogP contribution in [0.5, 0.6) is 0 Å². The van der Waals surface area contributed by atoms with Crippen LogP contribution in [0, 0.1) is 5.92 Å². The Morgan fingerprint density at radius 3 is 2.29 bits per heavy atom. The Morgan fingerprint density at radius 2 is 1.88 bits per heavy atom. The number of hydrogen-bond donors (Lipinski definition) is 1. The molecule has 4 nitrogen and oxygen atoms in total. The van der Waals surface area contributed by atoms with Crippen molar-refractivity contribution in [3.05, 3.63) is 0 Å². The van der Waals surface area contributed by atoms with Gasteiger partial charge in [0.1, 0.15) is 11.6 Å².